The van der Waals surface area contributed by atoms with Crippen molar-refractivity contribution in [1.29, 1.82) is 0 Å². The van der Waals surface area contributed by atoms with Crippen LogP contribution < -0.4 is 0 Å². The molecule has 0 aromatic heterocycles. The fourth-order valence-electron chi connectivity index (χ4n) is 8.52. The SMILES string of the molecule is C[SiH]1O[SiH](C)O[Si](C)(CCCOC2CCC(C(C)(C)C3CCC(OCCC[Si]4(C)O[SiH](C)O[SiH](C)O[SiH](C)O4)CC3)CC2)O[SiH](C)O1. The molecule has 4 atom stereocenters. The second-order valence-corrected chi connectivity index (χ2v) is 35.9. The average Bonchev–Trinajstić information content (AvgIpc) is 2.96. The normalized spacial score (nSPS) is 43.0. The highest BCUT2D eigenvalue weighted by molar-refractivity contribution is 6.81. The number of hydrogen-bond donors (Lipinski definition) is 0. The number of ether oxygens (including phenoxy) is 2. The summed E-state index contributed by atoms with van der Waals surface area (Å²) in [5.41, 5.74) is 0.368. The predicted octanol–water partition coefficient (Wildman–Crippen LogP) is 5.35. The summed E-state index contributed by atoms with van der Waals surface area (Å²) in [5, 5.41) is 0. The van der Waals surface area contributed by atoms with Gasteiger partial charge in [0.1, 0.15) is 0 Å². The average molecular weight is 802 g/mol. The molecule has 0 bridgehead atoms. The molecule has 2 aliphatic carbocycles. The molecule has 0 N–H and O–H groups in total. The van der Waals surface area contributed by atoms with E-state index >= 15 is 0 Å². The third-order valence-electron chi connectivity index (χ3n) is 10.9. The molecule has 0 amide bonds. The summed E-state index contributed by atoms with van der Waals surface area (Å²) in [6.07, 6.45) is 12.6. The van der Waals surface area contributed by atoms with E-state index in [-0.39, 0.29) is 0 Å². The van der Waals surface area contributed by atoms with Crippen molar-refractivity contribution in [3.8, 4) is 0 Å². The highest BCUT2D eigenvalue weighted by Crippen LogP contribution is 2.49. The summed E-state index contributed by atoms with van der Waals surface area (Å²) < 4.78 is 62.9. The molecule has 0 aromatic carbocycles. The molecule has 2 aliphatic heterocycles. The molecule has 4 unspecified atom stereocenters. The summed E-state index contributed by atoms with van der Waals surface area (Å²) in [6, 6.07) is 1.91. The van der Waals surface area contributed by atoms with E-state index in [1.807, 2.05) is 0 Å². The Labute approximate surface area is 299 Å². The van der Waals surface area contributed by atoms with Crippen LogP contribution in [0.5, 0.6) is 0 Å². The number of rotatable bonds is 12. The highest BCUT2D eigenvalue weighted by atomic mass is 28.5. The van der Waals surface area contributed by atoms with E-state index in [1.54, 1.807) is 0 Å². The minimum absolute atomic E-state index is 0.368. The molecule has 47 heavy (non-hydrogen) atoms. The lowest BCUT2D eigenvalue weighted by atomic mass is 9.60. The Morgan fingerprint density at radius 2 is 0.809 bits per heavy atom. The van der Waals surface area contributed by atoms with Crippen molar-refractivity contribution in [2.75, 3.05) is 13.2 Å². The fourth-order valence-corrected chi connectivity index (χ4v) is 37.8. The molecule has 10 nitrogen and oxygen atoms in total. The maximum Gasteiger partial charge on any atom is 0.317 e. The Bertz CT molecular complexity index is 829. The zero-order chi connectivity index (χ0) is 34.2. The summed E-state index contributed by atoms with van der Waals surface area (Å²) in [7, 11) is -14.4. The standard InChI is InChI=1S/C29H68O10Si8/c1-29(2,25-13-17-27(18-14-25)30-21-11-23-46(9)36-42(5)32-40(3)33-43(6)37-46)26-15-19-28(20-16-26)31-22-12-24-47(10)38-44(7)34-41(4)35-45(8)39-47/h25-28,40-45H,11-24H2,1-10H3. The van der Waals surface area contributed by atoms with Crippen molar-refractivity contribution in [3.63, 3.8) is 0 Å². The van der Waals surface area contributed by atoms with Crippen molar-refractivity contribution in [3.05, 3.63) is 0 Å². The lowest BCUT2D eigenvalue weighted by Gasteiger charge is -2.46. The van der Waals surface area contributed by atoms with Gasteiger partial charge in [-0.25, -0.2) is 0 Å². The van der Waals surface area contributed by atoms with E-state index in [0.29, 0.717) is 17.6 Å². The van der Waals surface area contributed by atoms with Gasteiger partial charge < -0.3 is 42.4 Å². The van der Waals surface area contributed by atoms with Crippen LogP contribution >= 0.6 is 0 Å². The first-order valence-corrected chi connectivity index (χ1v) is 36.3. The first-order chi connectivity index (χ1) is 22.1. The van der Waals surface area contributed by atoms with Crippen molar-refractivity contribution in [2.24, 2.45) is 17.3 Å². The lowest BCUT2D eigenvalue weighted by Crippen LogP contribution is -2.53. The monoisotopic (exact) mass is 800 g/mol. The zero-order valence-electron chi connectivity index (χ0n) is 31.3. The Hall–Kier alpha value is 1.34. The van der Waals surface area contributed by atoms with Gasteiger partial charge in [-0.1, -0.05) is 13.8 Å². The van der Waals surface area contributed by atoms with Gasteiger partial charge >= 0.3 is 17.1 Å². The van der Waals surface area contributed by atoms with Gasteiger partial charge in [0.15, 0.2) is 0 Å². The summed E-state index contributed by atoms with van der Waals surface area (Å²) in [4.78, 5) is 0. The van der Waals surface area contributed by atoms with Gasteiger partial charge in [0.05, 0.1) is 12.2 Å². The summed E-state index contributed by atoms with van der Waals surface area (Å²) in [5.74, 6) is 1.56. The molecule has 4 fully saturated rings. The van der Waals surface area contributed by atoms with Gasteiger partial charge in [0.2, 0.25) is 0 Å². The molecule has 4 aliphatic rings. The first kappa shape index (κ1) is 41.1. The van der Waals surface area contributed by atoms with E-state index in [1.165, 1.54) is 51.4 Å². The van der Waals surface area contributed by atoms with E-state index in [4.69, 9.17) is 42.4 Å². The van der Waals surface area contributed by atoms with E-state index in [9.17, 15) is 0 Å². The minimum Gasteiger partial charge on any atom is -0.420 e. The van der Waals surface area contributed by atoms with Crippen LogP contribution in [0.15, 0.2) is 0 Å². The van der Waals surface area contributed by atoms with Gasteiger partial charge in [-0.3, -0.25) is 0 Å². The van der Waals surface area contributed by atoms with E-state index in [0.717, 1.165) is 50.0 Å². The molecule has 4 rings (SSSR count). The maximum absolute atomic E-state index is 6.44. The molecule has 18 heteroatoms. The van der Waals surface area contributed by atoms with Gasteiger partial charge in [0.25, 0.3) is 55.7 Å². The van der Waals surface area contributed by atoms with Crippen LogP contribution in [0, 0.1) is 17.3 Å². The molecule has 0 spiro atoms. The van der Waals surface area contributed by atoms with Gasteiger partial charge in [-0.05, 0) is 146 Å². The van der Waals surface area contributed by atoms with E-state index in [2.05, 4.69) is 66.2 Å². The third kappa shape index (κ3) is 13.4. The Kier molecular flexibility index (Phi) is 16.5. The summed E-state index contributed by atoms with van der Waals surface area (Å²) in [6.45, 7) is 23.7. The third-order valence-corrected chi connectivity index (χ3v) is 39.0. The fraction of sp³-hybridized carbons (Fsp3) is 1.00. The molecule has 2 heterocycles. The number of hydrogen-bond acceptors (Lipinski definition) is 10. The molecular weight excluding hydrogens is 733 g/mol. The zero-order valence-corrected chi connectivity index (χ0v) is 40.2. The van der Waals surface area contributed by atoms with Gasteiger partial charge in [0, 0.05) is 13.2 Å². The van der Waals surface area contributed by atoms with Crippen LogP contribution in [0.25, 0.3) is 0 Å². The lowest BCUT2D eigenvalue weighted by molar-refractivity contribution is -0.0352. The summed E-state index contributed by atoms with van der Waals surface area (Å²) >= 11 is 0. The molecule has 2 saturated heterocycles. The molecule has 2 saturated carbocycles. The highest BCUT2D eigenvalue weighted by Gasteiger charge is 2.42. The van der Waals surface area contributed by atoms with Crippen LogP contribution in [0.4, 0.5) is 0 Å². The quantitative estimate of drug-likeness (QED) is 0.190. The molecule has 0 aromatic rings. The van der Waals surface area contributed by atoms with Crippen molar-refractivity contribution < 1.29 is 42.4 Å². The van der Waals surface area contributed by atoms with Crippen molar-refractivity contribution in [1.82, 2.24) is 0 Å². The van der Waals surface area contributed by atoms with Crippen LogP contribution in [0.3, 0.4) is 0 Å². The topological polar surface area (TPSA) is 92.3 Å². The first-order valence-electron chi connectivity index (χ1n) is 18.7. The van der Waals surface area contributed by atoms with Crippen LogP contribution in [-0.2, 0) is 42.4 Å². The predicted molar refractivity (Wildman–Crippen MR) is 206 cm³/mol. The van der Waals surface area contributed by atoms with Gasteiger partial charge in [-0.2, -0.15) is 0 Å². The van der Waals surface area contributed by atoms with E-state index < -0.39 is 72.8 Å². The van der Waals surface area contributed by atoms with Gasteiger partial charge in [-0.15, -0.1) is 0 Å². The second kappa shape index (κ2) is 18.9. The largest absolute Gasteiger partial charge is 0.420 e. The Balaban J connectivity index is 1.10. The van der Waals surface area contributed by atoms with Crippen LogP contribution in [-0.4, -0.2) is 98.2 Å². The van der Waals surface area contributed by atoms with Crippen molar-refractivity contribution in [2.45, 2.75) is 155 Å². The van der Waals surface area contributed by atoms with Crippen LogP contribution in [0.1, 0.15) is 78.1 Å². The molecular formula is C29H68O10Si8. The second-order valence-electron chi connectivity index (χ2n) is 15.4. The molecule has 276 valence electrons. The van der Waals surface area contributed by atoms with Crippen LogP contribution in [0.2, 0.25) is 64.5 Å². The Morgan fingerprint density at radius 1 is 0.511 bits per heavy atom. The smallest absolute Gasteiger partial charge is 0.317 e. The maximum atomic E-state index is 6.44. The molecule has 0 radical (unpaired) electrons. The Morgan fingerprint density at radius 3 is 1.11 bits per heavy atom. The minimum atomic E-state index is -2.26. The van der Waals surface area contributed by atoms with Crippen molar-refractivity contribution >= 4 is 72.8 Å².